The summed E-state index contributed by atoms with van der Waals surface area (Å²) in [4.78, 5) is 0.130. The molecule has 0 aliphatic heterocycles. The Morgan fingerprint density at radius 1 is 1.45 bits per heavy atom. The number of halogens is 1. The van der Waals surface area contributed by atoms with Crippen molar-refractivity contribution >= 4 is 33.4 Å². The second kappa shape index (κ2) is 7.66. The molecule has 0 amide bonds. The van der Waals surface area contributed by atoms with Gasteiger partial charge < -0.3 is 5.11 Å². The largest absolute Gasteiger partial charge is 0.392 e. The van der Waals surface area contributed by atoms with Crippen LogP contribution in [-0.2, 0) is 16.6 Å². The van der Waals surface area contributed by atoms with E-state index in [4.69, 9.17) is 11.6 Å². The van der Waals surface area contributed by atoms with Crippen LogP contribution in [0.1, 0.15) is 24.5 Å². The van der Waals surface area contributed by atoms with Crippen LogP contribution >= 0.6 is 23.4 Å². The maximum atomic E-state index is 12.3. The van der Waals surface area contributed by atoms with Gasteiger partial charge in [-0.25, -0.2) is 13.1 Å². The minimum absolute atomic E-state index is 0.130. The molecule has 0 aromatic heterocycles. The molecule has 0 fully saturated rings. The van der Waals surface area contributed by atoms with E-state index in [-0.39, 0.29) is 11.5 Å². The molecule has 1 unspecified atom stereocenters. The van der Waals surface area contributed by atoms with E-state index in [1.165, 1.54) is 6.07 Å². The van der Waals surface area contributed by atoms with Crippen molar-refractivity contribution in [3.8, 4) is 0 Å². The average molecular weight is 338 g/mol. The lowest BCUT2D eigenvalue weighted by atomic mass is 10.1. The Kier molecular flexibility index (Phi) is 6.81. The number of thioether (sulfide) groups is 1. The third-order valence-electron chi connectivity index (χ3n) is 3.14. The zero-order valence-electron chi connectivity index (χ0n) is 11.8. The molecule has 1 rings (SSSR count). The molecule has 1 aromatic rings. The smallest absolute Gasteiger partial charge is 0.240 e. The van der Waals surface area contributed by atoms with Gasteiger partial charge >= 0.3 is 0 Å². The predicted octanol–water partition coefficient (Wildman–Crippen LogP) is 2.56. The maximum absolute atomic E-state index is 12.3. The zero-order chi connectivity index (χ0) is 15.3. The van der Waals surface area contributed by atoms with E-state index in [1.54, 1.807) is 24.8 Å². The van der Waals surface area contributed by atoms with Gasteiger partial charge in [0.15, 0.2) is 0 Å². The summed E-state index contributed by atoms with van der Waals surface area (Å²) in [6.07, 6.45) is 2.75. The molecule has 4 nitrogen and oxygen atoms in total. The Morgan fingerprint density at radius 3 is 2.65 bits per heavy atom. The third kappa shape index (κ3) is 4.63. The van der Waals surface area contributed by atoms with Crippen molar-refractivity contribution in [2.75, 3.05) is 12.8 Å². The van der Waals surface area contributed by atoms with E-state index < -0.39 is 10.0 Å². The number of rotatable bonds is 7. The standard InChI is InChI=1S/C13H20ClNO3S2/c1-9(19-3)4-5-15-20(17,18)13-7-12(14)6-11(8-16)10(13)2/h6-7,9,15-16H,4-5,8H2,1-3H3. The van der Waals surface area contributed by atoms with Gasteiger partial charge in [0, 0.05) is 16.8 Å². The molecule has 114 valence electrons. The summed E-state index contributed by atoms with van der Waals surface area (Å²) >= 11 is 7.60. The van der Waals surface area contributed by atoms with E-state index in [2.05, 4.69) is 4.72 Å². The SMILES string of the molecule is CSC(C)CCNS(=O)(=O)c1cc(Cl)cc(CO)c1C. The van der Waals surface area contributed by atoms with Crippen LogP contribution in [0.5, 0.6) is 0 Å². The summed E-state index contributed by atoms with van der Waals surface area (Å²) in [5.41, 5.74) is 1.05. The number of sulfonamides is 1. The van der Waals surface area contributed by atoms with Crippen molar-refractivity contribution in [2.45, 2.75) is 37.0 Å². The molecule has 1 aromatic carbocycles. The number of hydrogen-bond acceptors (Lipinski definition) is 4. The Hall–Kier alpha value is -0.270. The Bertz CT molecular complexity index is 561. The van der Waals surface area contributed by atoms with Crippen LogP contribution < -0.4 is 4.72 Å². The normalized spacial score (nSPS) is 13.4. The van der Waals surface area contributed by atoms with Crippen molar-refractivity contribution in [1.82, 2.24) is 4.72 Å². The first-order valence-electron chi connectivity index (χ1n) is 6.24. The Labute approximate surface area is 130 Å². The Morgan fingerprint density at radius 2 is 2.10 bits per heavy atom. The van der Waals surface area contributed by atoms with Crippen LogP contribution in [0.2, 0.25) is 5.02 Å². The van der Waals surface area contributed by atoms with Crippen molar-refractivity contribution in [2.24, 2.45) is 0 Å². The molecule has 0 radical (unpaired) electrons. The lowest BCUT2D eigenvalue weighted by molar-refractivity contribution is 0.280. The van der Waals surface area contributed by atoms with E-state index in [1.807, 2.05) is 13.2 Å². The summed E-state index contributed by atoms with van der Waals surface area (Å²) < 4.78 is 27.1. The molecule has 2 N–H and O–H groups in total. The molecule has 0 saturated carbocycles. The fourth-order valence-corrected chi connectivity index (χ4v) is 3.76. The second-order valence-corrected chi connectivity index (χ2v) is 8.03. The fraction of sp³-hybridized carbons (Fsp3) is 0.538. The predicted molar refractivity (Wildman–Crippen MR) is 84.9 cm³/mol. The summed E-state index contributed by atoms with van der Waals surface area (Å²) in [6, 6.07) is 2.99. The van der Waals surface area contributed by atoms with Crippen molar-refractivity contribution in [3.63, 3.8) is 0 Å². The third-order valence-corrected chi connectivity index (χ3v) is 5.98. The van der Waals surface area contributed by atoms with Gasteiger partial charge in [0.1, 0.15) is 0 Å². The van der Waals surface area contributed by atoms with Crippen molar-refractivity contribution < 1.29 is 13.5 Å². The van der Waals surface area contributed by atoms with E-state index >= 15 is 0 Å². The van der Waals surface area contributed by atoms with Crippen LogP contribution in [0, 0.1) is 6.92 Å². The highest BCUT2D eigenvalue weighted by atomic mass is 35.5. The molecule has 0 saturated heterocycles. The van der Waals surface area contributed by atoms with Gasteiger partial charge in [-0.1, -0.05) is 18.5 Å². The van der Waals surface area contributed by atoms with Crippen LogP contribution in [0.25, 0.3) is 0 Å². The molecule has 0 bridgehead atoms. The van der Waals surface area contributed by atoms with Crippen molar-refractivity contribution in [1.29, 1.82) is 0 Å². The van der Waals surface area contributed by atoms with Gasteiger partial charge in [-0.2, -0.15) is 11.8 Å². The highest BCUT2D eigenvalue weighted by Gasteiger charge is 2.19. The van der Waals surface area contributed by atoms with Gasteiger partial charge in [-0.3, -0.25) is 0 Å². The van der Waals surface area contributed by atoms with Gasteiger partial charge in [-0.15, -0.1) is 0 Å². The van der Waals surface area contributed by atoms with Gasteiger partial charge in [0.05, 0.1) is 11.5 Å². The van der Waals surface area contributed by atoms with Gasteiger partial charge in [0.2, 0.25) is 10.0 Å². The average Bonchev–Trinajstić information content (AvgIpc) is 2.40. The summed E-state index contributed by atoms with van der Waals surface area (Å²) in [5.74, 6) is 0. The van der Waals surface area contributed by atoms with Crippen LogP contribution in [0.3, 0.4) is 0 Å². The molecular formula is C13H20ClNO3S2. The molecule has 0 aliphatic rings. The zero-order valence-corrected chi connectivity index (χ0v) is 14.2. The molecule has 1 atom stereocenters. The summed E-state index contributed by atoms with van der Waals surface area (Å²) in [7, 11) is -3.60. The summed E-state index contributed by atoms with van der Waals surface area (Å²) in [5, 5.41) is 9.94. The number of benzene rings is 1. The number of aliphatic hydroxyl groups excluding tert-OH is 1. The summed E-state index contributed by atoms with van der Waals surface area (Å²) in [6.45, 7) is 3.86. The van der Waals surface area contributed by atoms with E-state index in [0.717, 1.165) is 6.42 Å². The van der Waals surface area contributed by atoms with Crippen LogP contribution in [0.4, 0.5) is 0 Å². The minimum atomic E-state index is -3.60. The molecule has 0 spiro atoms. The minimum Gasteiger partial charge on any atom is -0.392 e. The molecule has 7 heteroatoms. The Balaban J connectivity index is 2.95. The molecule has 0 aliphatic carbocycles. The topological polar surface area (TPSA) is 66.4 Å². The number of nitrogens with one attached hydrogen (secondary N) is 1. The quantitative estimate of drug-likeness (QED) is 0.802. The number of aliphatic hydroxyl groups is 1. The first kappa shape index (κ1) is 17.8. The lowest BCUT2D eigenvalue weighted by Crippen LogP contribution is -2.27. The van der Waals surface area contributed by atoms with E-state index in [9.17, 15) is 13.5 Å². The first-order valence-corrected chi connectivity index (χ1v) is 9.39. The molecule has 20 heavy (non-hydrogen) atoms. The lowest BCUT2D eigenvalue weighted by Gasteiger charge is -2.13. The van der Waals surface area contributed by atoms with Gasteiger partial charge in [0.25, 0.3) is 0 Å². The fourth-order valence-electron chi connectivity index (χ4n) is 1.74. The number of hydrogen-bond donors (Lipinski definition) is 2. The van der Waals surface area contributed by atoms with Gasteiger partial charge in [-0.05, 0) is 42.9 Å². The van der Waals surface area contributed by atoms with Crippen molar-refractivity contribution in [3.05, 3.63) is 28.3 Å². The highest BCUT2D eigenvalue weighted by Crippen LogP contribution is 2.24. The monoisotopic (exact) mass is 337 g/mol. The molecular weight excluding hydrogens is 318 g/mol. The maximum Gasteiger partial charge on any atom is 0.240 e. The highest BCUT2D eigenvalue weighted by molar-refractivity contribution is 7.99. The van der Waals surface area contributed by atoms with E-state index in [0.29, 0.717) is 27.9 Å². The second-order valence-electron chi connectivity index (χ2n) is 4.58. The van der Waals surface area contributed by atoms with Crippen LogP contribution in [-0.4, -0.2) is 31.6 Å². The first-order chi connectivity index (χ1) is 9.31. The molecule has 0 heterocycles. The van der Waals surface area contributed by atoms with Crippen LogP contribution in [0.15, 0.2) is 17.0 Å².